The summed E-state index contributed by atoms with van der Waals surface area (Å²) in [5.41, 5.74) is 7.72. The molecular formula is C12H18N4O3. The number of oxime groups is 1. The van der Waals surface area contributed by atoms with Crippen molar-refractivity contribution in [3.63, 3.8) is 0 Å². The van der Waals surface area contributed by atoms with Gasteiger partial charge in [0.15, 0.2) is 5.84 Å². The standard InChI is InChI=1S/C12H18N4O3/c1-7-8(2)14-15-12(10(7)11(13)16-17)19-9-3-5-18-6-4-9/h9,17H,3-6H2,1-2H3,(H2,13,16). The Labute approximate surface area is 111 Å². The van der Waals surface area contributed by atoms with E-state index in [1.54, 1.807) is 0 Å². The van der Waals surface area contributed by atoms with Crippen molar-refractivity contribution in [2.75, 3.05) is 13.2 Å². The highest BCUT2D eigenvalue weighted by molar-refractivity contribution is 6.00. The summed E-state index contributed by atoms with van der Waals surface area (Å²) >= 11 is 0. The maximum atomic E-state index is 8.87. The second-order valence-corrected chi connectivity index (χ2v) is 4.51. The monoisotopic (exact) mass is 266 g/mol. The predicted octanol–water partition coefficient (Wildman–Crippen LogP) is 0.746. The first-order chi connectivity index (χ1) is 9.13. The van der Waals surface area contributed by atoms with Crippen molar-refractivity contribution in [3.05, 3.63) is 16.8 Å². The highest BCUT2D eigenvalue weighted by Crippen LogP contribution is 2.23. The lowest BCUT2D eigenvalue weighted by atomic mass is 10.1. The van der Waals surface area contributed by atoms with Gasteiger partial charge in [-0.25, -0.2) is 0 Å². The molecule has 19 heavy (non-hydrogen) atoms. The molecule has 1 aliphatic rings. The SMILES string of the molecule is Cc1nnc(OC2CCOCC2)c(C(N)=NO)c1C. The van der Waals surface area contributed by atoms with Crippen molar-refractivity contribution in [2.24, 2.45) is 10.9 Å². The molecule has 7 nitrogen and oxygen atoms in total. The normalized spacial score (nSPS) is 17.5. The van der Waals surface area contributed by atoms with Gasteiger partial charge in [-0.15, -0.1) is 5.10 Å². The molecule has 2 heterocycles. The van der Waals surface area contributed by atoms with Crippen LogP contribution < -0.4 is 10.5 Å². The minimum absolute atomic E-state index is 0.0161. The van der Waals surface area contributed by atoms with E-state index in [9.17, 15) is 0 Å². The van der Waals surface area contributed by atoms with Gasteiger partial charge in [-0.2, -0.15) is 5.10 Å². The van der Waals surface area contributed by atoms with Gasteiger partial charge in [0, 0.05) is 12.8 Å². The lowest BCUT2D eigenvalue weighted by Gasteiger charge is -2.23. The van der Waals surface area contributed by atoms with E-state index in [-0.39, 0.29) is 11.9 Å². The van der Waals surface area contributed by atoms with Crippen LogP contribution >= 0.6 is 0 Å². The molecule has 0 unspecified atom stereocenters. The molecule has 1 aromatic rings. The Kier molecular flexibility index (Phi) is 4.16. The lowest BCUT2D eigenvalue weighted by molar-refractivity contribution is 0.0232. The molecule has 0 amide bonds. The Hall–Kier alpha value is -1.89. The first kappa shape index (κ1) is 13.5. The van der Waals surface area contributed by atoms with Gasteiger partial charge in [0.1, 0.15) is 6.10 Å². The van der Waals surface area contributed by atoms with Gasteiger partial charge >= 0.3 is 0 Å². The summed E-state index contributed by atoms with van der Waals surface area (Å²) in [6, 6.07) is 0. The Balaban J connectivity index is 2.31. The van der Waals surface area contributed by atoms with Gasteiger partial charge in [0.25, 0.3) is 0 Å². The maximum Gasteiger partial charge on any atom is 0.245 e. The van der Waals surface area contributed by atoms with Crippen LogP contribution in [-0.4, -0.2) is 40.6 Å². The number of aryl methyl sites for hydroxylation is 1. The molecule has 1 aromatic heterocycles. The fraction of sp³-hybridized carbons (Fsp3) is 0.583. The molecule has 0 radical (unpaired) electrons. The lowest BCUT2D eigenvalue weighted by Crippen LogP contribution is -2.28. The van der Waals surface area contributed by atoms with Gasteiger partial charge < -0.3 is 20.4 Å². The van der Waals surface area contributed by atoms with E-state index in [1.165, 1.54) is 0 Å². The van der Waals surface area contributed by atoms with Crippen molar-refractivity contribution in [1.29, 1.82) is 0 Å². The average Bonchev–Trinajstić information content (AvgIpc) is 2.44. The average molecular weight is 266 g/mol. The van der Waals surface area contributed by atoms with Crippen LogP contribution in [0.15, 0.2) is 5.16 Å². The third-order valence-electron chi connectivity index (χ3n) is 3.23. The van der Waals surface area contributed by atoms with Gasteiger partial charge in [-0.05, 0) is 19.4 Å². The number of aromatic nitrogens is 2. The molecule has 104 valence electrons. The van der Waals surface area contributed by atoms with Crippen molar-refractivity contribution in [3.8, 4) is 5.88 Å². The van der Waals surface area contributed by atoms with Crippen LogP contribution in [-0.2, 0) is 4.74 Å². The smallest absolute Gasteiger partial charge is 0.245 e. The quantitative estimate of drug-likeness (QED) is 0.362. The van der Waals surface area contributed by atoms with E-state index in [1.807, 2.05) is 13.8 Å². The summed E-state index contributed by atoms with van der Waals surface area (Å²) in [5, 5.41) is 19.9. The minimum Gasteiger partial charge on any atom is -0.473 e. The van der Waals surface area contributed by atoms with Crippen molar-refractivity contribution in [2.45, 2.75) is 32.8 Å². The zero-order valence-corrected chi connectivity index (χ0v) is 11.1. The second-order valence-electron chi connectivity index (χ2n) is 4.51. The highest BCUT2D eigenvalue weighted by atomic mass is 16.5. The number of nitrogens with zero attached hydrogens (tertiary/aromatic N) is 3. The van der Waals surface area contributed by atoms with Crippen molar-refractivity contribution in [1.82, 2.24) is 10.2 Å². The topological polar surface area (TPSA) is 103 Å². The summed E-state index contributed by atoms with van der Waals surface area (Å²) in [5.74, 6) is 0.294. The molecule has 0 aliphatic carbocycles. The number of ether oxygens (including phenoxy) is 2. The molecule has 0 saturated carbocycles. The van der Waals surface area contributed by atoms with Crippen LogP contribution in [0.1, 0.15) is 29.7 Å². The fourth-order valence-corrected chi connectivity index (χ4v) is 1.97. The van der Waals surface area contributed by atoms with Crippen LogP contribution in [0.25, 0.3) is 0 Å². The number of rotatable bonds is 3. The Morgan fingerprint density at radius 1 is 1.37 bits per heavy atom. The van der Waals surface area contributed by atoms with E-state index < -0.39 is 0 Å². The summed E-state index contributed by atoms with van der Waals surface area (Å²) in [6.07, 6.45) is 1.62. The number of nitrogens with two attached hydrogens (primary N) is 1. The molecule has 0 spiro atoms. The largest absolute Gasteiger partial charge is 0.473 e. The Bertz CT molecular complexity index is 484. The fourth-order valence-electron chi connectivity index (χ4n) is 1.97. The zero-order chi connectivity index (χ0) is 13.8. The van der Waals surface area contributed by atoms with Gasteiger partial charge in [0.2, 0.25) is 5.88 Å². The van der Waals surface area contributed by atoms with Crippen molar-refractivity contribution >= 4 is 5.84 Å². The summed E-state index contributed by atoms with van der Waals surface area (Å²) in [7, 11) is 0. The molecule has 0 atom stereocenters. The molecule has 3 N–H and O–H groups in total. The maximum absolute atomic E-state index is 8.87. The van der Waals surface area contributed by atoms with Crippen molar-refractivity contribution < 1.29 is 14.7 Å². The third-order valence-corrected chi connectivity index (χ3v) is 3.23. The summed E-state index contributed by atoms with van der Waals surface area (Å²) in [4.78, 5) is 0. The molecule has 0 bridgehead atoms. The van der Waals surface area contributed by atoms with Gasteiger partial charge in [0.05, 0.1) is 24.5 Å². The van der Waals surface area contributed by atoms with Crippen LogP contribution in [0.4, 0.5) is 0 Å². The van der Waals surface area contributed by atoms with E-state index in [0.29, 0.717) is 24.7 Å². The molecule has 7 heteroatoms. The molecule has 1 aliphatic heterocycles. The highest BCUT2D eigenvalue weighted by Gasteiger charge is 2.21. The Morgan fingerprint density at radius 2 is 2.05 bits per heavy atom. The van der Waals surface area contributed by atoms with Crippen LogP contribution in [0.3, 0.4) is 0 Å². The molecule has 1 fully saturated rings. The van der Waals surface area contributed by atoms with Crippen LogP contribution in [0.2, 0.25) is 0 Å². The molecular weight excluding hydrogens is 248 g/mol. The van der Waals surface area contributed by atoms with Crippen LogP contribution in [0.5, 0.6) is 5.88 Å². The van der Waals surface area contributed by atoms with Gasteiger partial charge in [-0.1, -0.05) is 5.16 Å². The van der Waals surface area contributed by atoms with E-state index in [2.05, 4.69) is 15.4 Å². The Morgan fingerprint density at radius 3 is 2.68 bits per heavy atom. The predicted molar refractivity (Wildman–Crippen MR) is 68.5 cm³/mol. The summed E-state index contributed by atoms with van der Waals surface area (Å²) < 4.78 is 11.1. The van der Waals surface area contributed by atoms with E-state index in [0.717, 1.165) is 24.1 Å². The van der Waals surface area contributed by atoms with E-state index >= 15 is 0 Å². The second kappa shape index (κ2) is 5.83. The van der Waals surface area contributed by atoms with Gasteiger partial charge in [-0.3, -0.25) is 0 Å². The molecule has 2 rings (SSSR count). The first-order valence-electron chi connectivity index (χ1n) is 6.19. The minimum atomic E-state index is -0.0161. The molecule has 1 saturated heterocycles. The number of hydrogen-bond acceptors (Lipinski definition) is 6. The first-order valence-corrected chi connectivity index (χ1v) is 6.19. The van der Waals surface area contributed by atoms with E-state index in [4.69, 9.17) is 20.4 Å². The van der Waals surface area contributed by atoms with Crippen LogP contribution in [0, 0.1) is 13.8 Å². The number of amidine groups is 1. The zero-order valence-electron chi connectivity index (χ0n) is 11.1. The third kappa shape index (κ3) is 2.93. The number of hydrogen-bond donors (Lipinski definition) is 2. The summed E-state index contributed by atoms with van der Waals surface area (Å²) in [6.45, 7) is 4.99. The molecule has 0 aromatic carbocycles.